The zero-order valence-electron chi connectivity index (χ0n) is 16.3. The largest absolute Gasteiger partial charge is 0.376 e. The van der Waals surface area contributed by atoms with Crippen LogP contribution in [-0.4, -0.2) is 54.0 Å². The van der Waals surface area contributed by atoms with E-state index in [1.54, 1.807) is 4.90 Å². The number of amides is 2. The number of ether oxygens (including phenoxy) is 1. The first kappa shape index (κ1) is 19.9. The van der Waals surface area contributed by atoms with Crippen LogP contribution in [0.2, 0.25) is 0 Å². The standard InChI is InChI=1S/C22H32N2O3/c25-21-13-7-2-1-3-8-14-23(21)18-22(26)24(17-20-12-9-15-27-20)16-19-10-5-4-6-11-19/h4-6,10-11,20H,1-3,7-9,12-18H2/t20-/m1/s1. The molecule has 2 aliphatic heterocycles. The van der Waals surface area contributed by atoms with Crippen molar-refractivity contribution in [2.75, 3.05) is 26.2 Å². The van der Waals surface area contributed by atoms with Crippen LogP contribution in [0.3, 0.4) is 0 Å². The van der Waals surface area contributed by atoms with Gasteiger partial charge in [0.15, 0.2) is 0 Å². The summed E-state index contributed by atoms with van der Waals surface area (Å²) in [5.74, 6) is 0.156. The SMILES string of the molecule is O=C1CCCCCCCN1CC(=O)N(Cc1ccccc1)C[C@H]1CCCO1. The summed E-state index contributed by atoms with van der Waals surface area (Å²) in [6.45, 7) is 2.85. The Morgan fingerprint density at radius 2 is 1.85 bits per heavy atom. The number of carbonyl (C=O) groups excluding carboxylic acids is 2. The molecule has 1 atom stereocenters. The molecule has 2 amide bonds. The van der Waals surface area contributed by atoms with Crippen molar-refractivity contribution in [3.63, 3.8) is 0 Å². The molecular weight excluding hydrogens is 340 g/mol. The first-order chi connectivity index (χ1) is 13.2. The van der Waals surface area contributed by atoms with Crippen LogP contribution in [0.15, 0.2) is 30.3 Å². The van der Waals surface area contributed by atoms with Gasteiger partial charge in [-0.3, -0.25) is 9.59 Å². The second kappa shape index (κ2) is 10.5. The summed E-state index contributed by atoms with van der Waals surface area (Å²) in [5.41, 5.74) is 1.11. The molecule has 27 heavy (non-hydrogen) atoms. The summed E-state index contributed by atoms with van der Waals surface area (Å²) in [6, 6.07) is 10.1. The van der Waals surface area contributed by atoms with Crippen LogP contribution in [0.4, 0.5) is 0 Å². The topological polar surface area (TPSA) is 49.9 Å². The van der Waals surface area contributed by atoms with Crippen molar-refractivity contribution in [2.45, 2.75) is 64.0 Å². The first-order valence-electron chi connectivity index (χ1n) is 10.4. The van der Waals surface area contributed by atoms with Gasteiger partial charge in [-0.05, 0) is 31.2 Å². The third-order valence-electron chi connectivity index (χ3n) is 5.51. The van der Waals surface area contributed by atoms with Crippen LogP contribution in [0.25, 0.3) is 0 Å². The minimum atomic E-state index is 0.0296. The lowest BCUT2D eigenvalue weighted by Crippen LogP contribution is -2.45. The molecule has 2 fully saturated rings. The normalized spacial score (nSPS) is 21.4. The van der Waals surface area contributed by atoms with Gasteiger partial charge in [-0.25, -0.2) is 0 Å². The predicted molar refractivity (Wildman–Crippen MR) is 105 cm³/mol. The number of nitrogens with zero attached hydrogens (tertiary/aromatic N) is 2. The van der Waals surface area contributed by atoms with E-state index >= 15 is 0 Å². The second-order valence-electron chi connectivity index (χ2n) is 7.73. The van der Waals surface area contributed by atoms with E-state index < -0.39 is 0 Å². The minimum absolute atomic E-state index is 0.0296. The molecule has 2 saturated heterocycles. The summed E-state index contributed by atoms with van der Waals surface area (Å²) in [7, 11) is 0. The van der Waals surface area contributed by atoms with Crippen LogP contribution < -0.4 is 0 Å². The Morgan fingerprint density at radius 3 is 2.63 bits per heavy atom. The van der Waals surface area contributed by atoms with Crippen LogP contribution in [0.5, 0.6) is 0 Å². The molecule has 5 heteroatoms. The van der Waals surface area contributed by atoms with Gasteiger partial charge in [-0.15, -0.1) is 0 Å². The highest BCUT2D eigenvalue weighted by Crippen LogP contribution is 2.17. The van der Waals surface area contributed by atoms with Gasteiger partial charge >= 0.3 is 0 Å². The molecule has 0 unspecified atom stereocenters. The fourth-order valence-electron chi connectivity index (χ4n) is 3.92. The van der Waals surface area contributed by atoms with Crippen LogP contribution in [0, 0.1) is 0 Å². The molecule has 0 radical (unpaired) electrons. The average Bonchev–Trinajstić information content (AvgIpc) is 3.21. The number of carbonyl (C=O) groups is 2. The van der Waals surface area contributed by atoms with Crippen LogP contribution >= 0.6 is 0 Å². The van der Waals surface area contributed by atoms with Crippen molar-refractivity contribution in [2.24, 2.45) is 0 Å². The summed E-state index contributed by atoms with van der Waals surface area (Å²) in [5, 5.41) is 0. The Balaban J connectivity index is 1.65. The van der Waals surface area contributed by atoms with Gasteiger partial charge in [-0.1, -0.05) is 49.6 Å². The lowest BCUT2D eigenvalue weighted by molar-refractivity contribution is -0.141. The summed E-state index contributed by atoms with van der Waals surface area (Å²) in [6.07, 6.45) is 8.12. The number of hydrogen-bond acceptors (Lipinski definition) is 3. The molecule has 0 spiro atoms. The molecule has 0 aliphatic carbocycles. The van der Waals surface area contributed by atoms with Gasteiger partial charge < -0.3 is 14.5 Å². The van der Waals surface area contributed by atoms with Crippen molar-refractivity contribution < 1.29 is 14.3 Å². The third kappa shape index (κ3) is 6.35. The van der Waals surface area contributed by atoms with Gasteiger partial charge in [0.05, 0.1) is 12.6 Å². The van der Waals surface area contributed by atoms with Gasteiger partial charge in [0, 0.05) is 32.7 Å². The van der Waals surface area contributed by atoms with E-state index in [1.807, 2.05) is 35.2 Å². The molecule has 0 saturated carbocycles. The summed E-state index contributed by atoms with van der Waals surface area (Å²) in [4.78, 5) is 29.3. The van der Waals surface area contributed by atoms with E-state index in [0.717, 1.165) is 50.7 Å². The number of hydrogen-bond donors (Lipinski definition) is 0. The molecule has 0 bridgehead atoms. The lowest BCUT2D eigenvalue weighted by Gasteiger charge is -2.29. The van der Waals surface area contributed by atoms with Crippen molar-refractivity contribution in [3.05, 3.63) is 35.9 Å². The number of benzene rings is 1. The van der Waals surface area contributed by atoms with Gasteiger partial charge in [-0.2, -0.15) is 0 Å². The maximum absolute atomic E-state index is 13.1. The Kier molecular flexibility index (Phi) is 7.69. The first-order valence-corrected chi connectivity index (χ1v) is 10.4. The van der Waals surface area contributed by atoms with E-state index in [2.05, 4.69) is 0 Å². The van der Waals surface area contributed by atoms with E-state index in [9.17, 15) is 9.59 Å². The highest BCUT2D eigenvalue weighted by atomic mass is 16.5. The van der Waals surface area contributed by atoms with Crippen LogP contribution in [0.1, 0.15) is 56.9 Å². The van der Waals surface area contributed by atoms with Crippen molar-refractivity contribution in [1.29, 1.82) is 0 Å². The van der Waals surface area contributed by atoms with Gasteiger partial charge in [0.25, 0.3) is 0 Å². The fraction of sp³-hybridized carbons (Fsp3) is 0.636. The zero-order valence-corrected chi connectivity index (χ0v) is 16.3. The Hall–Kier alpha value is -1.88. The minimum Gasteiger partial charge on any atom is -0.376 e. The van der Waals surface area contributed by atoms with Gasteiger partial charge in [0.1, 0.15) is 0 Å². The molecule has 1 aromatic rings. The molecule has 0 aromatic heterocycles. The number of rotatable bonds is 6. The molecule has 5 nitrogen and oxygen atoms in total. The van der Waals surface area contributed by atoms with E-state index in [1.165, 1.54) is 6.42 Å². The van der Waals surface area contributed by atoms with Crippen LogP contribution in [-0.2, 0) is 20.9 Å². The molecular formula is C22H32N2O3. The molecule has 2 aliphatic rings. The fourth-order valence-corrected chi connectivity index (χ4v) is 3.92. The zero-order chi connectivity index (χ0) is 18.9. The average molecular weight is 373 g/mol. The maximum atomic E-state index is 13.1. The highest BCUT2D eigenvalue weighted by Gasteiger charge is 2.25. The van der Waals surface area contributed by atoms with E-state index in [0.29, 0.717) is 26.1 Å². The molecule has 2 heterocycles. The molecule has 0 N–H and O–H groups in total. The predicted octanol–water partition coefficient (Wildman–Crippen LogP) is 3.38. The Bertz CT molecular complexity index is 599. The van der Waals surface area contributed by atoms with Crippen molar-refractivity contribution >= 4 is 11.8 Å². The summed E-state index contributed by atoms with van der Waals surface area (Å²) >= 11 is 0. The maximum Gasteiger partial charge on any atom is 0.242 e. The van der Waals surface area contributed by atoms with E-state index in [4.69, 9.17) is 4.74 Å². The van der Waals surface area contributed by atoms with E-state index in [-0.39, 0.29) is 24.5 Å². The molecule has 148 valence electrons. The monoisotopic (exact) mass is 372 g/mol. The van der Waals surface area contributed by atoms with Crippen molar-refractivity contribution in [1.82, 2.24) is 9.80 Å². The third-order valence-corrected chi connectivity index (χ3v) is 5.51. The molecule has 1 aromatic carbocycles. The smallest absolute Gasteiger partial charge is 0.242 e. The molecule has 3 rings (SSSR count). The Labute approximate surface area is 162 Å². The lowest BCUT2D eigenvalue weighted by atomic mass is 10.1. The second-order valence-corrected chi connectivity index (χ2v) is 7.73. The van der Waals surface area contributed by atoms with Gasteiger partial charge in [0.2, 0.25) is 11.8 Å². The summed E-state index contributed by atoms with van der Waals surface area (Å²) < 4.78 is 5.76. The Morgan fingerprint density at radius 1 is 1.07 bits per heavy atom. The highest BCUT2D eigenvalue weighted by molar-refractivity contribution is 5.85. The van der Waals surface area contributed by atoms with Crippen molar-refractivity contribution in [3.8, 4) is 0 Å². The quantitative estimate of drug-likeness (QED) is 0.769.